The standard InChI is InChI=1S/C18H15BrClN3O2S/c1-11-2-7-14(20)9-15(11)21-16(24)10-26-18-23-22-17(25-18)8-12-3-5-13(19)6-4-12/h2-7,9H,8,10H2,1H3,(H,21,24). The molecule has 0 atom stereocenters. The number of hydrogen-bond donors (Lipinski definition) is 1. The van der Waals surface area contributed by atoms with Crippen LogP contribution in [-0.2, 0) is 11.2 Å². The first-order valence-electron chi connectivity index (χ1n) is 7.75. The number of carbonyl (C=O) groups excluding carboxylic acids is 1. The smallest absolute Gasteiger partial charge is 0.277 e. The van der Waals surface area contributed by atoms with Gasteiger partial charge in [0.15, 0.2) is 0 Å². The molecule has 26 heavy (non-hydrogen) atoms. The fourth-order valence-corrected chi connectivity index (χ4v) is 3.20. The van der Waals surface area contributed by atoms with E-state index in [2.05, 4.69) is 31.4 Å². The Labute approximate surface area is 168 Å². The number of amides is 1. The fraction of sp³-hybridized carbons (Fsp3) is 0.167. The van der Waals surface area contributed by atoms with Crippen LogP contribution < -0.4 is 5.32 Å². The maximum Gasteiger partial charge on any atom is 0.277 e. The van der Waals surface area contributed by atoms with E-state index in [9.17, 15) is 4.79 Å². The van der Waals surface area contributed by atoms with E-state index in [1.54, 1.807) is 12.1 Å². The fourth-order valence-electron chi connectivity index (χ4n) is 2.19. The molecule has 0 aliphatic carbocycles. The first kappa shape index (κ1) is 18.9. The molecule has 8 heteroatoms. The third kappa shape index (κ3) is 5.33. The van der Waals surface area contributed by atoms with Crippen LogP contribution in [0.3, 0.4) is 0 Å². The van der Waals surface area contributed by atoms with Crippen LogP contribution in [0.5, 0.6) is 0 Å². The third-order valence-electron chi connectivity index (χ3n) is 3.52. The van der Waals surface area contributed by atoms with Gasteiger partial charge in [0.2, 0.25) is 11.8 Å². The number of halogens is 2. The first-order chi connectivity index (χ1) is 12.5. The molecule has 1 N–H and O–H groups in total. The van der Waals surface area contributed by atoms with Crippen molar-refractivity contribution in [3.63, 3.8) is 0 Å². The molecule has 0 bridgehead atoms. The molecule has 0 saturated carbocycles. The van der Waals surface area contributed by atoms with Crippen molar-refractivity contribution in [1.29, 1.82) is 0 Å². The molecule has 0 unspecified atom stereocenters. The van der Waals surface area contributed by atoms with Gasteiger partial charge in [-0.15, -0.1) is 10.2 Å². The van der Waals surface area contributed by atoms with Gasteiger partial charge < -0.3 is 9.73 Å². The van der Waals surface area contributed by atoms with Crippen molar-refractivity contribution in [2.24, 2.45) is 0 Å². The summed E-state index contributed by atoms with van der Waals surface area (Å²) in [5.41, 5.74) is 2.72. The second kappa shape index (κ2) is 8.70. The highest BCUT2D eigenvalue weighted by molar-refractivity contribution is 9.10. The summed E-state index contributed by atoms with van der Waals surface area (Å²) in [7, 11) is 0. The van der Waals surface area contributed by atoms with Gasteiger partial charge in [-0.05, 0) is 42.3 Å². The zero-order chi connectivity index (χ0) is 18.5. The molecule has 1 heterocycles. The van der Waals surface area contributed by atoms with Crippen LogP contribution in [0.4, 0.5) is 5.69 Å². The monoisotopic (exact) mass is 451 g/mol. The van der Waals surface area contributed by atoms with Crippen LogP contribution >= 0.6 is 39.3 Å². The number of nitrogens with zero attached hydrogens (tertiary/aromatic N) is 2. The Morgan fingerprint density at radius 1 is 1.23 bits per heavy atom. The highest BCUT2D eigenvalue weighted by Gasteiger charge is 2.11. The second-order valence-electron chi connectivity index (χ2n) is 5.56. The summed E-state index contributed by atoms with van der Waals surface area (Å²) in [6.45, 7) is 1.91. The second-order valence-corrected chi connectivity index (χ2v) is 7.84. The van der Waals surface area contributed by atoms with E-state index in [-0.39, 0.29) is 11.7 Å². The molecule has 2 aromatic carbocycles. The van der Waals surface area contributed by atoms with Gasteiger partial charge in [-0.25, -0.2) is 0 Å². The predicted octanol–water partition coefficient (Wildman–Crippen LogP) is 5.12. The number of aromatic nitrogens is 2. The number of nitrogens with one attached hydrogen (secondary N) is 1. The Morgan fingerprint density at radius 2 is 2.00 bits per heavy atom. The van der Waals surface area contributed by atoms with Gasteiger partial charge in [-0.1, -0.05) is 57.5 Å². The van der Waals surface area contributed by atoms with Gasteiger partial charge in [0.25, 0.3) is 5.22 Å². The van der Waals surface area contributed by atoms with Crippen molar-refractivity contribution >= 4 is 50.9 Å². The Bertz CT molecular complexity index is 915. The number of rotatable bonds is 6. The van der Waals surface area contributed by atoms with Crippen LogP contribution in [0.1, 0.15) is 17.0 Å². The summed E-state index contributed by atoms with van der Waals surface area (Å²) in [4.78, 5) is 12.1. The van der Waals surface area contributed by atoms with E-state index in [1.807, 2.05) is 37.3 Å². The minimum absolute atomic E-state index is 0.159. The van der Waals surface area contributed by atoms with Gasteiger partial charge in [0, 0.05) is 15.2 Å². The van der Waals surface area contributed by atoms with Crippen LogP contribution in [0.15, 0.2) is 56.6 Å². The molecular weight excluding hydrogens is 438 g/mol. The molecular formula is C18H15BrClN3O2S. The van der Waals surface area contributed by atoms with E-state index in [1.165, 1.54) is 11.8 Å². The van der Waals surface area contributed by atoms with Gasteiger partial charge >= 0.3 is 0 Å². The largest absolute Gasteiger partial charge is 0.416 e. The highest BCUT2D eigenvalue weighted by Crippen LogP contribution is 2.22. The molecule has 0 aliphatic rings. The molecule has 0 saturated heterocycles. The third-order valence-corrected chi connectivity index (χ3v) is 5.10. The maximum atomic E-state index is 12.1. The van der Waals surface area contributed by atoms with Gasteiger partial charge in [0.05, 0.1) is 12.2 Å². The number of anilines is 1. The van der Waals surface area contributed by atoms with E-state index in [0.717, 1.165) is 15.6 Å². The summed E-state index contributed by atoms with van der Waals surface area (Å²) < 4.78 is 6.61. The molecule has 5 nitrogen and oxygen atoms in total. The van der Waals surface area contributed by atoms with Crippen molar-refractivity contribution in [1.82, 2.24) is 10.2 Å². The number of benzene rings is 2. The summed E-state index contributed by atoms with van der Waals surface area (Å²) in [6.07, 6.45) is 0.550. The van der Waals surface area contributed by atoms with Crippen molar-refractivity contribution in [2.45, 2.75) is 18.6 Å². The van der Waals surface area contributed by atoms with Crippen molar-refractivity contribution < 1.29 is 9.21 Å². The molecule has 134 valence electrons. The van der Waals surface area contributed by atoms with Crippen molar-refractivity contribution in [3.8, 4) is 0 Å². The molecule has 0 spiro atoms. The van der Waals surface area contributed by atoms with Crippen LogP contribution in [-0.4, -0.2) is 21.9 Å². The van der Waals surface area contributed by atoms with Crippen LogP contribution in [0, 0.1) is 6.92 Å². The Kier molecular flexibility index (Phi) is 6.34. The molecule has 1 amide bonds. The van der Waals surface area contributed by atoms with E-state index < -0.39 is 0 Å². The zero-order valence-corrected chi connectivity index (χ0v) is 17.0. The maximum absolute atomic E-state index is 12.1. The lowest BCUT2D eigenvalue weighted by Crippen LogP contribution is -2.14. The van der Waals surface area contributed by atoms with Gasteiger partial charge in [-0.3, -0.25) is 4.79 Å². The van der Waals surface area contributed by atoms with Gasteiger partial charge in [-0.2, -0.15) is 0 Å². The Balaban J connectivity index is 1.53. The summed E-state index contributed by atoms with van der Waals surface area (Å²) in [5, 5.41) is 11.8. The van der Waals surface area contributed by atoms with Gasteiger partial charge in [0.1, 0.15) is 0 Å². The number of hydrogen-bond acceptors (Lipinski definition) is 5. The summed E-state index contributed by atoms with van der Waals surface area (Å²) in [6, 6.07) is 13.3. The predicted molar refractivity (Wildman–Crippen MR) is 107 cm³/mol. The normalized spacial score (nSPS) is 10.7. The summed E-state index contributed by atoms with van der Waals surface area (Å²) in [5.74, 6) is 0.528. The minimum Gasteiger partial charge on any atom is -0.416 e. The molecule has 0 aliphatic heterocycles. The molecule has 0 fully saturated rings. The zero-order valence-electron chi connectivity index (χ0n) is 13.8. The number of carbonyl (C=O) groups is 1. The molecule has 3 aromatic rings. The average molecular weight is 453 g/mol. The van der Waals surface area contributed by atoms with E-state index in [0.29, 0.717) is 28.2 Å². The minimum atomic E-state index is -0.159. The van der Waals surface area contributed by atoms with Crippen LogP contribution in [0.25, 0.3) is 0 Å². The van der Waals surface area contributed by atoms with Crippen LogP contribution in [0.2, 0.25) is 5.02 Å². The van der Waals surface area contributed by atoms with E-state index in [4.69, 9.17) is 16.0 Å². The molecule has 3 rings (SSSR count). The average Bonchev–Trinajstić information content (AvgIpc) is 3.06. The van der Waals surface area contributed by atoms with Crippen molar-refractivity contribution in [3.05, 3.63) is 69.0 Å². The quantitative estimate of drug-likeness (QED) is 0.526. The summed E-state index contributed by atoms with van der Waals surface area (Å²) >= 11 is 10.6. The topological polar surface area (TPSA) is 68.0 Å². The number of thioether (sulfide) groups is 1. The van der Waals surface area contributed by atoms with E-state index >= 15 is 0 Å². The van der Waals surface area contributed by atoms with Crippen molar-refractivity contribution in [2.75, 3.05) is 11.1 Å². The molecule has 1 aromatic heterocycles. The lowest BCUT2D eigenvalue weighted by molar-refractivity contribution is -0.113. The first-order valence-corrected chi connectivity index (χ1v) is 9.91. The highest BCUT2D eigenvalue weighted by atomic mass is 79.9. The Hall–Kier alpha value is -1.83. The number of aryl methyl sites for hydroxylation is 1. The lowest BCUT2D eigenvalue weighted by Gasteiger charge is -2.07. The Morgan fingerprint density at radius 3 is 2.77 bits per heavy atom. The SMILES string of the molecule is Cc1ccc(Cl)cc1NC(=O)CSc1nnc(Cc2ccc(Br)cc2)o1. The lowest BCUT2D eigenvalue weighted by atomic mass is 10.2. The molecule has 0 radical (unpaired) electrons.